The third-order valence-corrected chi connectivity index (χ3v) is 5.73. The zero-order chi connectivity index (χ0) is 23.8. The van der Waals surface area contributed by atoms with E-state index in [4.69, 9.17) is 9.47 Å². The third kappa shape index (κ3) is 6.17. The largest absolute Gasteiger partial charge is 0.497 e. The zero-order valence-electron chi connectivity index (χ0n) is 19.2. The summed E-state index contributed by atoms with van der Waals surface area (Å²) in [5, 5.41) is 0. The van der Waals surface area contributed by atoms with Gasteiger partial charge in [-0.25, -0.2) is 4.98 Å². The van der Waals surface area contributed by atoms with Crippen molar-refractivity contribution < 1.29 is 19.1 Å². The van der Waals surface area contributed by atoms with E-state index in [9.17, 15) is 9.59 Å². The minimum Gasteiger partial charge on any atom is -0.497 e. The number of rotatable bonds is 8. The molecule has 34 heavy (non-hydrogen) atoms. The molecule has 1 aliphatic rings. The topological polar surface area (TPSA) is 84.9 Å². The Hall–Kier alpha value is -3.78. The van der Waals surface area contributed by atoms with Crippen molar-refractivity contribution in [3.05, 3.63) is 90.0 Å². The number of methoxy groups -OCH3 is 1. The average molecular weight is 461 g/mol. The second kappa shape index (κ2) is 11.4. The molecule has 1 aromatic heterocycles. The molecule has 1 unspecified atom stereocenters. The molecule has 1 saturated heterocycles. The van der Waals surface area contributed by atoms with Crippen LogP contribution in [0.4, 0.5) is 0 Å². The van der Waals surface area contributed by atoms with Crippen LogP contribution in [-0.4, -0.2) is 71.0 Å². The highest BCUT2D eigenvalue weighted by Gasteiger charge is 2.31. The Morgan fingerprint density at radius 2 is 1.88 bits per heavy atom. The Balaban J connectivity index is 1.49. The molecule has 3 aromatic rings. The van der Waals surface area contributed by atoms with Gasteiger partial charge in [-0.05, 0) is 29.7 Å². The van der Waals surface area contributed by atoms with Crippen LogP contribution < -0.4 is 4.74 Å². The lowest BCUT2D eigenvalue weighted by Gasteiger charge is -2.25. The van der Waals surface area contributed by atoms with Crippen molar-refractivity contribution in [3.8, 4) is 5.75 Å². The summed E-state index contributed by atoms with van der Waals surface area (Å²) in [6.07, 6.45) is 4.77. The molecule has 2 aromatic carbocycles. The molecule has 0 radical (unpaired) electrons. The van der Waals surface area contributed by atoms with E-state index in [0.29, 0.717) is 19.7 Å². The summed E-state index contributed by atoms with van der Waals surface area (Å²) in [7, 11) is 1.62. The number of amides is 2. The van der Waals surface area contributed by atoms with Gasteiger partial charge < -0.3 is 19.3 Å². The Morgan fingerprint density at radius 1 is 1.06 bits per heavy atom. The van der Waals surface area contributed by atoms with Gasteiger partial charge in [-0.2, -0.15) is 0 Å². The van der Waals surface area contributed by atoms with Crippen molar-refractivity contribution >= 4 is 11.8 Å². The lowest BCUT2D eigenvalue weighted by Crippen LogP contribution is -2.40. The predicted molar refractivity (Wildman–Crippen MR) is 126 cm³/mol. The quantitative estimate of drug-likeness (QED) is 0.514. The summed E-state index contributed by atoms with van der Waals surface area (Å²) in [6, 6.07) is 17.7. The Morgan fingerprint density at radius 3 is 2.65 bits per heavy atom. The highest BCUT2D eigenvalue weighted by atomic mass is 16.5. The SMILES string of the molecule is COc1cccc(COC2CN(CCc3ccccc3)C(=O)CN(C(=O)c3cnccn3)C2)c1. The van der Waals surface area contributed by atoms with Gasteiger partial charge in [-0.3, -0.25) is 14.6 Å². The fourth-order valence-corrected chi connectivity index (χ4v) is 3.91. The highest BCUT2D eigenvalue weighted by Crippen LogP contribution is 2.17. The van der Waals surface area contributed by atoms with E-state index in [0.717, 1.165) is 23.3 Å². The lowest BCUT2D eigenvalue weighted by molar-refractivity contribution is -0.131. The molecular formula is C26H28N4O4. The van der Waals surface area contributed by atoms with Crippen molar-refractivity contribution in [1.82, 2.24) is 19.8 Å². The van der Waals surface area contributed by atoms with E-state index in [1.807, 2.05) is 54.6 Å². The van der Waals surface area contributed by atoms with Crippen LogP contribution in [-0.2, 0) is 22.6 Å². The highest BCUT2D eigenvalue weighted by molar-refractivity contribution is 5.95. The van der Waals surface area contributed by atoms with Crippen LogP contribution in [0.2, 0.25) is 0 Å². The van der Waals surface area contributed by atoms with Crippen molar-refractivity contribution in [2.75, 3.05) is 33.3 Å². The first kappa shape index (κ1) is 23.4. The summed E-state index contributed by atoms with van der Waals surface area (Å²) < 4.78 is 11.5. The molecule has 0 bridgehead atoms. The maximum absolute atomic E-state index is 13.1. The molecule has 1 aliphatic heterocycles. The van der Waals surface area contributed by atoms with Crippen LogP contribution in [0, 0.1) is 0 Å². The van der Waals surface area contributed by atoms with Gasteiger partial charge in [0.1, 0.15) is 18.0 Å². The van der Waals surface area contributed by atoms with Crippen molar-refractivity contribution in [1.29, 1.82) is 0 Å². The maximum atomic E-state index is 13.1. The van der Waals surface area contributed by atoms with Crippen LogP contribution >= 0.6 is 0 Å². The predicted octanol–water partition coefficient (Wildman–Crippen LogP) is 2.60. The summed E-state index contributed by atoms with van der Waals surface area (Å²) in [5.41, 5.74) is 2.32. The summed E-state index contributed by atoms with van der Waals surface area (Å²) >= 11 is 0. The number of carbonyl (C=O) groups excluding carboxylic acids is 2. The molecule has 0 spiro atoms. The molecule has 0 saturated carbocycles. The molecule has 8 nitrogen and oxygen atoms in total. The number of carbonyl (C=O) groups is 2. The number of hydrogen-bond acceptors (Lipinski definition) is 6. The minimum atomic E-state index is -0.353. The van der Waals surface area contributed by atoms with Gasteiger partial charge in [-0.1, -0.05) is 42.5 Å². The number of hydrogen-bond donors (Lipinski definition) is 0. The minimum absolute atomic E-state index is 0.0246. The summed E-state index contributed by atoms with van der Waals surface area (Å²) in [4.78, 5) is 37.6. The van der Waals surface area contributed by atoms with E-state index in [1.165, 1.54) is 23.5 Å². The molecule has 1 atom stereocenters. The second-order valence-corrected chi connectivity index (χ2v) is 8.14. The maximum Gasteiger partial charge on any atom is 0.274 e. The Labute approximate surface area is 199 Å². The first-order valence-electron chi connectivity index (χ1n) is 11.2. The fourth-order valence-electron chi connectivity index (χ4n) is 3.91. The van der Waals surface area contributed by atoms with E-state index in [-0.39, 0.29) is 36.7 Å². The van der Waals surface area contributed by atoms with Crippen molar-refractivity contribution in [2.24, 2.45) is 0 Å². The fraction of sp³-hybridized carbons (Fsp3) is 0.308. The molecule has 176 valence electrons. The summed E-state index contributed by atoms with van der Waals surface area (Å²) in [6.45, 7) is 1.56. The third-order valence-electron chi connectivity index (χ3n) is 5.73. The van der Waals surface area contributed by atoms with Crippen molar-refractivity contribution in [2.45, 2.75) is 19.1 Å². The van der Waals surface area contributed by atoms with Gasteiger partial charge in [0, 0.05) is 32.0 Å². The van der Waals surface area contributed by atoms with Gasteiger partial charge in [0.25, 0.3) is 5.91 Å². The molecule has 4 rings (SSSR count). The van der Waals surface area contributed by atoms with Crippen LogP contribution in [0.1, 0.15) is 21.6 Å². The standard InChI is InChI=1S/C26H28N4O4/c1-33-22-9-5-8-21(14-22)19-34-23-16-29(13-10-20-6-3-2-4-7-20)25(31)18-30(17-23)26(32)24-15-27-11-12-28-24/h2-9,11-12,14-15,23H,10,13,16-19H2,1H3. The Bertz CT molecular complexity index is 1090. The second-order valence-electron chi connectivity index (χ2n) is 8.14. The monoisotopic (exact) mass is 460 g/mol. The molecule has 2 amide bonds. The molecule has 2 heterocycles. The average Bonchev–Trinajstić information content (AvgIpc) is 3.05. The van der Waals surface area contributed by atoms with Gasteiger partial charge in [0.05, 0.1) is 26.0 Å². The Kier molecular flexibility index (Phi) is 7.83. The van der Waals surface area contributed by atoms with Crippen molar-refractivity contribution in [3.63, 3.8) is 0 Å². The van der Waals surface area contributed by atoms with Gasteiger partial charge in [-0.15, -0.1) is 0 Å². The normalized spacial score (nSPS) is 16.3. The van der Waals surface area contributed by atoms with Crippen LogP contribution in [0.3, 0.4) is 0 Å². The van der Waals surface area contributed by atoms with Crippen LogP contribution in [0.25, 0.3) is 0 Å². The van der Waals surface area contributed by atoms with Gasteiger partial charge in [0.15, 0.2) is 0 Å². The van der Waals surface area contributed by atoms with E-state index < -0.39 is 0 Å². The van der Waals surface area contributed by atoms with E-state index in [2.05, 4.69) is 9.97 Å². The van der Waals surface area contributed by atoms with Crippen LogP contribution in [0.15, 0.2) is 73.2 Å². The first-order chi connectivity index (χ1) is 16.6. The number of ether oxygens (including phenoxy) is 2. The number of aromatic nitrogens is 2. The molecule has 8 heteroatoms. The van der Waals surface area contributed by atoms with Gasteiger partial charge >= 0.3 is 0 Å². The number of benzene rings is 2. The first-order valence-corrected chi connectivity index (χ1v) is 11.2. The molecule has 0 N–H and O–H groups in total. The van der Waals surface area contributed by atoms with E-state index in [1.54, 1.807) is 12.0 Å². The lowest BCUT2D eigenvalue weighted by atomic mass is 10.1. The zero-order valence-corrected chi connectivity index (χ0v) is 19.2. The number of nitrogens with zero attached hydrogens (tertiary/aromatic N) is 4. The van der Waals surface area contributed by atoms with E-state index >= 15 is 0 Å². The molecule has 1 fully saturated rings. The molecule has 0 aliphatic carbocycles. The molecular weight excluding hydrogens is 432 g/mol. The summed E-state index contributed by atoms with van der Waals surface area (Å²) in [5.74, 6) is 0.308. The smallest absolute Gasteiger partial charge is 0.274 e. The van der Waals surface area contributed by atoms with Gasteiger partial charge in [0.2, 0.25) is 5.91 Å². The van der Waals surface area contributed by atoms with Crippen LogP contribution in [0.5, 0.6) is 5.75 Å².